The van der Waals surface area contributed by atoms with E-state index in [2.05, 4.69) is 66.7 Å². The van der Waals surface area contributed by atoms with Gasteiger partial charge in [0.15, 0.2) is 0 Å². The van der Waals surface area contributed by atoms with Crippen LogP contribution in [0.5, 0.6) is 11.8 Å². The van der Waals surface area contributed by atoms with E-state index in [0.29, 0.717) is 30.9 Å². The van der Waals surface area contributed by atoms with Crippen LogP contribution >= 0.6 is 11.8 Å². The molecule has 0 aromatic carbocycles. The highest BCUT2D eigenvalue weighted by molar-refractivity contribution is 7.98. The molecule has 1 heterocycles. The normalized spacial score (nSPS) is 11.3. The van der Waals surface area contributed by atoms with Gasteiger partial charge in [0.1, 0.15) is 4.90 Å². The number of anilines is 1. The second-order valence-electron chi connectivity index (χ2n) is 6.85. The standard InChI is InChI=1S/C19H37N5O2S/c1-8-24(9-2)19-20-17(25-14-10-12-22(3)4)16(27-7)18(21-19)26-15-11-13-23(5)6/h8-15H2,1-7H3. The van der Waals surface area contributed by atoms with Gasteiger partial charge in [0.25, 0.3) is 0 Å². The average molecular weight is 400 g/mol. The third-order valence-electron chi connectivity index (χ3n) is 4.02. The van der Waals surface area contributed by atoms with Crippen LogP contribution in [0.4, 0.5) is 5.95 Å². The minimum atomic E-state index is 0.626. The van der Waals surface area contributed by atoms with Crippen LogP contribution in [0.1, 0.15) is 26.7 Å². The molecule has 7 nitrogen and oxygen atoms in total. The maximum absolute atomic E-state index is 6.03. The number of hydrogen-bond donors (Lipinski definition) is 0. The second-order valence-corrected chi connectivity index (χ2v) is 7.67. The van der Waals surface area contributed by atoms with E-state index in [1.54, 1.807) is 11.8 Å². The van der Waals surface area contributed by atoms with Crippen molar-refractivity contribution in [3.63, 3.8) is 0 Å². The van der Waals surface area contributed by atoms with Crippen molar-refractivity contribution in [2.45, 2.75) is 31.6 Å². The van der Waals surface area contributed by atoms with Crippen LogP contribution in [-0.4, -0.2) is 93.6 Å². The lowest BCUT2D eigenvalue weighted by atomic mass is 10.4. The van der Waals surface area contributed by atoms with Crippen molar-refractivity contribution < 1.29 is 9.47 Å². The molecule has 0 saturated heterocycles. The summed E-state index contributed by atoms with van der Waals surface area (Å²) >= 11 is 1.57. The van der Waals surface area contributed by atoms with Crippen molar-refractivity contribution in [3.8, 4) is 11.8 Å². The topological polar surface area (TPSA) is 54.0 Å². The number of thioether (sulfide) groups is 1. The maximum atomic E-state index is 6.03. The first kappa shape index (κ1) is 23.8. The first-order chi connectivity index (χ1) is 12.9. The van der Waals surface area contributed by atoms with Gasteiger partial charge >= 0.3 is 0 Å². The molecular formula is C19H37N5O2S. The van der Waals surface area contributed by atoms with E-state index in [9.17, 15) is 0 Å². The SMILES string of the molecule is CCN(CC)c1nc(OCCCN(C)C)c(SC)c(OCCCN(C)C)n1. The van der Waals surface area contributed by atoms with Gasteiger partial charge in [-0.3, -0.25) is 0 Å². The Morgan fingerprint density at radius 2 is 1.26 bits per heavy atom. The first-order valence-electron chi connectivity index (χ1n) is 9.68. The molecule has 0 atom stereocenters. The van der Waals surface area contributed by atoms with Gasteiger partial charge < -0.3 is 24.2 Å². The molecule has 0 aliphatic heterocycles. The molecule has 0 N–H and O–H groups in total. The molecule has 1 aromatic rings. The highest BCUT2D eigenvalue weighted by atomic mass is 32.2. The van der Waals surface area contributed by atoms with Crippen molar-refractivity contribution in [1.29, 1.82) is 0 Å². The van der Waals surface area contributed by atoms with Crippen molar-refractivity contribution >= 4 is 17.7 Å². The van der Waals surface area contributed by atoms with E-state index in [4.69, 9.17) is 9.47 Å². The summed E-state index contributed by atoms with van der Waals surface area (Å²) < 4.78 is 12.1. The van der Waals surface area contributed by atoms with Crippen LogP contribution in [0.25, 0.3) is 0 Å². The largest absolute Gasteiger partial charge is 0.477 e. The molecule has 0 bridgehead atoms. The molecule has 0 amide bonds. The predicted octanol–water partition coefficient (Wildman–Crippen LogP) is 2.71. The second kappa shape index (κ2) is 13.0. The lowest BCUT2D eigenvalue weighted by Gasteiger charge is -2.22. The smallest absolute Gasteiger partial charge is 0.236 e. The molecule has 0 saturated carbocycles. The van der Waals surface area contributed by atoms with E-state index >= 15 is 0 Å². The molecule has 27 heavy (non-hydrogen) atoms. The maximum Gasteiger partial charge on any atom is 0.236 e. The summed E-state index contributed by atoms with van der Waals surface area (Å²) in [5, 5.41) is 0. The summed E-state index contributed by atoms with van der Waals surface area (Å²) in [6.45, 7) is 9.10. The lowest BCUT2D eigenvalue weighted by molar-refractivity contribution is 0.247. The molecular weight excluding hydrogens is 362 g/mol. The fraction of sp³-hybridized carbons (Fsp3) is 0.789. The van der Waals surface area contributed by atoms with Crippen LogP contribution in [0, 0.1) is 0 Å². The van der Waals surface area contributed by atoms with Crippen molar-refractivity contribution in [2.75, 3.05) is 78.7 Å². The summed E-state index contributed by atoms with van der Waals surface area (Å²) in [4.78, 5) is 16.7. The number of aromatic nitrogens is 2. The Labute approximate surface area is 169 Å². The van der Waals surface area contributed by atoms with Gasteiger partial charge in [-0.25, -0.2) is 0 Å². The Bertz CT molecular complexity index is 502. The van der Waals surface area contributed by atoms with Crippen molar-refractivity contribution in [2.24, 2.45) is 0 Å². The minimum absolute atomic E-state index is 0.626. The number of ether oxygens (including phenoxy) is 2. The van der Waals surface area contributed by atoms with Crippen molar-refractivity contribution in [3.05, 3.63) is 0 Å². The summed E-state index contributed by atoms with van der Waals surface area (Å²) in [5.41, 5.74) is 0. The zero-order chi connectivity index (χ0) is 20.2. The van der Waals surface area contributed by atoms with Gasteiger partial charge in [-0.2, -0.15) is 9.97 Å². The van der Waals surface area contributed by atoms with E-state index < -0.39 is 0 Å². The van der Waals surface area contributed by atoms with E-state index in [-0.39, 0.29) is 0 Å². The third-order valence-corrected chi connectivity index (χ3v) is 4.78. The lowest BCUT2D eigenvalue weighted by Crippen LogP contribution is -2.25. The van der Waals surface area contributed by atoms with E-state index in [1.807, 2.05) is 6.26 Å². The summed E-state index contributed by atoms with van der Waals surface area (Å²) in [6.07, 6.45) is 3.91. The first-order valence-corrected chi connectivity index (χ1v) is 10.9. The number of rotatable bonds is 14. The fourth-order valence-corrected chi connectivity index (χ4v) is 3.08. The third kappa shape index (κ3) is 8.53. The molecule has 1 aromatic heterocycles. The van der Waals surface area contributed by atoms with E-state index in [0.717, 1.165) is 43.9 Å². The van der Waals surface area contributed by atoms with Crippen LogP contribution < -0.4 is 14.4 Å². The van der Waals surface area contributed by atoms with Gasteiger partial charge in [-0.05, 0) is 61.1 Å². The van der Waals surface area contributed by atoms with Gasteiger partial charge in [-0.15, -0.1) is 11.8 Å². The average Bonchev–Trinajstić information content (AvgIpc) is 2.63. The highest BCUT2D eigenvalue weighted by Gasteiger charge is 2.19. The molecule has 0 spiro atoms. The Kier molecular flexibility index (Phi) is 11.5. The molecule has 1 rings (SSSR count). The monoisotopic (exact) mass is 399 g/mol. The molecule has 0 aliphatic rings. The Hall–Kier alpha value is -1.25. The van der Waals surface area contributed by atoms with Gasteiger partial charge in [-0.1, -0.05) is 0 Å². The van der Waals surface area contributed by atoms with Crippen LogP contribution in [0.2, 0.25) is 0 Å². The molecule has 0 aliphatic carbocycles. The molecule has 8 heteroatoms. The Morgan fingerprint density at radius 3 is 1.59 bits per heavy atom. The van der Waals surface area contributed by atoms with Gasteiger partial charge in [0.2, 0.25) is 17.7 Å². The van der Waals surface area contributed by atoms with Crippen molar-refractivity contribution in [1.82, 2.24) is 19.8 Å². The molecule has 0 radical (unpaired) electrons. The molecule has 0 fully saturated rings. The van der Waals surface area contributed by atoms with Gasteiger partial charge in [0, 0.05) is 26.2 Å². The van der Waals surface area contributed by atoms with Gasteiger partial charge in [0.05, 0.1) is 13.2 Å². The molecule has 156 valence electrons. The highest BCUT2D eigenvalue weighted by Crippen LogP contribution is 2.35. The minimum Gasteiger partial charge on any atom is -0.477 e. The summed E-state index contributed by atoms with van der Waals surface area (Å²) in [6, 6.07) is 0. The zero-order valence-electron chi connectivity index (χ0n) is 18.1. The summed E-state index contributed by atoms with van der Waals surface area (Å²) in [7, 11) is 8.26. The quantitative estimate of drug-likeness (QED) is 0.350. The van der Waals surface area contributed by atoms with Crippen LogP contribution in [-0.2, 0) is 0 Å². The van der Waals surface area contributed by atoms with Crippen LogP contribution in [0.15, 0.2) is 4.90 Å². The fourth-order valence-electron chi connectivity index (χ4n) is 2.52. The number of nitrogens with zero attached hydrogens (tertiary/aromatic N) is 5. The molecule has 0 unspecified atom stereocenters. The summed E-state index contributed by atoms with van der Waals surface area (Å²) in [5.74, 6) is 1.92. The van der Waals surface area contributed by atoms with Crippen LogP contribution in [0.3, 0.4) is 0 Å². The Morgan fingerprint density at radius 1 is 0.815 bits per heavy atom. The number of hydrogen-bond acceptors (Lipinski definition) is 8. The Balaban J connectivity index is 2.98. The van der Waals surface area contributed by atoms with E-state index in [1.165, 1.54) is 0 Å². The zero-order valence-corrected chi connectivity index (χ0v) is 18.9. The predicted molar refractivity (Wildman–Crippen MR) is 115 cm³/mol.